The second kappa shape index (κ2) is 3.96. The Labute approximate surface area is 81.2 Å². The first-order chi connectivity index (χ1) is 6.38. The molecule has 1 aliphatic heterocycles. The van der Waals surface area contributed by atoms with Crippen molar-refractivity contribution >= 4 is 17.6 Å². The van der Waals surface area contributed by atoms with E-state index in [1.54, 1.807) is 12.3 Å². The first-order valence-corrected chi connectivity index (χ1v) is 5.46. The van der Waals surface area contributed by atoms with Crippen molar-refractivity contribution in [3.8, 4) is 0 Å². The molecule has 0 spiro atoms. The molecule has 4 heteroatoms. The molecule has 2 rings (SSSR count). The van der Waals surface area contributed by atoms with Crippen molar-refractivity contribution in [1.82, 2.24) is 4.98 Å². The zero-order valence-corrected chi connectivity index (χ0v) is 8.06. The van der Waals surface area contributed by atoms with Crippen molar-refractivity contribution in [2.45, 2.75) is 0 Å². The van der Waals surface area contributed by atoms with E-state index in [0.717, 1.165) is 24.6 Å². The van der Waals surface area contributed by atoms with Gasteiger partial charge in [-0.3, -0.25) is 0 Å². The quantitative estimate of drug-likeness (QED) is 0.684. The summed E-state index contributed by atoms with van der Waals surface area (Å²) in [6, 6.07) is 3.08. The van der Waals surface area contributed by atoms with Crippen molar-refractivity contribution in [2.24, 2.45) is 0 Å². The highest BCUT2D eigenvalue weighted by Crippen LogP contribution is 2.19. The molecule has 13 heavy (non-hydrogen) atoms. The number of hydrogen-bond donors (Lipinski definition) is 0. The van der Waals surface area contributed by atoms with Crippen molar-refractivity contribution in [3.05, 3.63) is 24.1 Å². The van der Waals surface area contributed by atoms with Gasteiger partial charge in [0.2, 0.25) is 0 Å². The van der Waals surface area contributed by atoms with Gasteiger partial charge in [-0.1, -0.05) is 0 Å². The zero-order chi connectivity index (χ0) is 9.10. The maximum absolute atomic E-state index is 13.3. The Hall–Kier alpha value is -0.770. The lowest BCUT2D eigenvalue weighted by Gasteiger charge is -2.27. The second-order valence-electron chi connectivity index (χ2n) is 2.91. The average molecular weight is 198 g/mol. The van der Waals surface area contributed by atoms with Gasteiger partial charge < -0.3 is 4.90 Å². The largest absolute Gasteiger partial charge is 0.353 e. The van der Waals surface area contributed by atoms with E-state index in [-0.39, 0.29) is 5.82 Å². The molecule has 1 aliphatic rings. The molecule has 0 radical (unpaired) electrons. The highest BCUT2D eigenvalue weighted by Gasteiger charge is 2.15. The van der Waals surface area contributed by atoms with Crippen LogP contribution in [0.1, 0.15) is 0 Å². The minimum absolute atomic E-state index is 0.214. The molecule has 0 atom stereocenters. The molecular weight excluding hydrogens is 187 g/mol. The number of rotatable bonds is 1. The lowest BCUT2D eigenvalue weighted by Crippen LogP contribution is -2.33. The van der Waals surface area contributed by atoms with Crippen LogP contribution in [0.15, 0.2) is 18.3 Å². The van der Waals surface area contributed by atoms with Crippen LogP contribution >= 0.6 is 11.8 Å². The summed E-state index contributed by atoms with van der Waals surface area (Å²) in [5.74, 6) is 2.42. The number of aromatic nitrogens is 1. The summed E-state index contributed by atoms with van der Waals surface area (Å²) in [5.41, 5.74) is 0. The molecule has 1 aromatic heterocycles. The molecule has 1 aromatic rings. The van der Waals surface area contributed by atoms with Crippen LogP contribution < -0.4 is 4.90 Å². The van der Waals surface area contributed by atoms with E-state index >= 15 is 0 Å². The van der Waals surface area contributed by atoms with Gasteiger partial charge in [-0.25, -0.2) is 9.37 Å². The van der Waals surface area contributed by atoms with E-state index in [1.807, 2.05) is 16.7 Å². The van der Waals surface area contributed by atoms with E-state index < -0.39 is 0 Å². The molecule has 0 amide bonds. The Morgan fingerprint density at radius 1 is 1.38 bits per heavy atom. The van der Waals surface area contributed by atoms with Crippen LogP contribution in [-0.2, 0) is 0 Å². The van der Waals surface area contributed by atoms with Gasteiger partial charge in [-0.2, -0.15) is 11.8 Å². The van der Waals surface area contributed by atoms with Crippen molar-refractivity contribution in [2.75, 3.05) is 29.5 Å². The van der Waals surface area contributed by atoms with Gasteiger partial charge in [0.25, 0.3) is 0 Å². The van der Waals surface area contributed by atoms with Gasteiger partial charge in [-0.15, -0.1) is 0 Å². The van der Waals surface area contributed by atoms with Gasteiger partial charge in [-0.05, 0) is 12.1 Å². The SMILES string of the molecule is Fc1cccnc1N1CCSCC1. The van der Waals surface area contributed by atoms with Gasteiger partial charge in [0.1, 0.15) is 0 Å². The van der Waals surface area contributed by atoms with Crippen molar-refractivity contribution in [3.63, 3.8) is 0 Å². The van der Waals surface area contributed by atoms with Gasteiger partial charge in [0.15, 0.2) is 11.6 Å². The average Bonchev–Trinajstić information content (AvgIpc) is 2.20. The van der Waals surface area contributed by atoms with E-state index in [9.17, 15) is 4.39 Å². The molecule has 0 aliphatic carbocycles. The molecule has 70 valence electrons. The highest BCUT2D eigenvalue weighted by molar-refractivity contribution is 7.99. The molecule has 0 unspecified atom stereocenters. The first kappa shape index (κ1) is 8.81. The first-order valence-electron chi connectivity index (χ1n) is 4.31. The Morgan fingerprint density at radius 3 is 2.85 bits per heavy atom. The van der Waals surface area contributed by atoms with E-state index in [1.165, 1.54) is 6.07 Å². The minimum atomic E-state index is -0.214. The molecule has 0 saturated carbocycles. The predicted molar refractivity (Wildman–Crippen MR) is 53.7 cm³/mol. The van der Waals surface area contributed by atoms with Crippen LogP contribution in [0.4, 0.5) is 10.2 Å². The van der Waals surface area contributed by atoms with E-state index in [0.29, 0.717) is 5.82 Å². The lowest BCUT2D eigenvalue weighted by atomic mass is 10.4. The number of nitrogens with zero attached hydrogens (tertiary/aromatic N) is 2. The number of pyridine rings is 1. The fourth-order valence-electron chi connectivity index (χ4n) is 1.39. The summed E-state index contributed by atoms with van der Waals surface area (Å²) in [7, 11) is 0. The van der Waals surface area contributed by atoms with Crippen LogP contribution in [0.2, 0.25) is 0 Å². The summed E-state index contributed by atoms with van der Waals surface area (Å²) < 4.78 is 13.3. The maximum atomic E-state index is 13.3. The molecule has 0 bridgehead atoms. The summed E-state index contributed by atoms with van der Waals surface area (Å²) >= 11 is 1.91. The summed E-state index contributed by atoms with van der Waals surface area (Å²) in [6.07, 6.45) is 1.64. The topological polar surface area (TPSA) is 16.1 Å². The lowest BCUT2D eigenvalue weighted by molar-refractivity contribution is 0.612. The van der Waals surface area contributed by atoms with E-state index in [2.05, 4.69) is 4.98 Å². The Balaban J connectivity index is 2.18. The second-order valence-corrected chi connectivity index (χ2v) is 4.13. The fraction of sp³-hybridized carbons (Fsp3) is 0.444. The Kier molecular flexibility index (Phi) is 2.68. The molecule has 0 N–H and O–H groups in total. The monoisotopic (exact) mass is 198 g/mol. The maximum Gasteiger partial charge on any atom is 0.165 e. The molecule has 1 saturated heterocycles. The van der Waals surface area contributed by atoms with Crippen molar-refractivity contribution in [1.29, 1.82) is 0 Å². The van der Waals surface area contributed by atoms with Crippen LogP contribution in [0.5, 0.6) is 0 Å². The normalized spacial score (nSPS) is 17.5. The van der Waals surface area contributed by atoms with Gasteiger partial charge >= 0.3 is 0 Å². The number of halogens is 1. The smallest absolute Gasteiger partial charge is 0.165 e. The highest BCUT2D eigenvalue weighted by atomic mass is 32.2. The van der Waals surface area contributed by atoms with E-state index in [4.69, 9.17) is 0 Å². The van der Waals surface area contributed by atoms with Gasteiger partial charge in [0, 0.05) is 30.8 Å². The molecule has 0 aromatic carbocycles. The van der Waals surface area contributed by atoms with Crippen LogP contribution in [0.3, 0.4) is 0 Å². The van der Waals surface area contributed by atoms with Crippen LogP contribution in [0.25, 0.3) is 0 Å². The summed E-state index contributed by atoms with van der Waals surface area (Å²) in [6.45, 7) is 1.80. The number of thioether (sulfide) groups is 1. The number of hydrogen-bond acceptors (Lipinski definition) is 3. The minimum Gasteiger partial charge on any atom is -0.353 e. The fourth-order valence-corrected chi connectivity index (χ4v) is 2.29. The molecular formula is C9H11FN2S. The van der Waals surface area contributed by atoms with Crippen LogP contribution in [0, 0.1) is 5.82 Å². The standard InChI is InChI=1S/C9H11FN2S/c10-8-2-1-3-11-9(8)12-4-6-13-7-5-12/h1-3H,4-7H2. The Morgan fingerprint density at radius 2 is 2.15 bits per heavy atom. The zero-order valence-electron chi connectivity index (χ0n) is 7.24. The third-order valence-corrected chi connectivity index (χ3v) is 2.99. The van der Waals surface area contributed by atoms with Crippen LogP contribution in [-0.4, -0.2) is 29.6 Å². The molecule has 2 nitrogen and oxygen atoms in total. The Bertz CT molecular complexity index is 287. The third-order valence-electron chi connectivity index (χ3n) is 2.05. The third kappa shape index (κ3) is 1.94. The van der Waals surface area contributed by atoms with Crippen molar-refractivity contribution < 1.29 is 4.39 Å². The molecule has 1 fully saturated rings. The summed E-state index contributed by atoms with van der Waals surface area (Å²) in [5, 5.41) is 0. The molecule has 2 heterocycles. The number of anilines is 1. The summed E-state index contributed by atoms with van der Waals surface area (Å²) in [4.78, 5) is 6.05. The van der Waals surface area contributed by atoms with Gasteiger partial charge in [0.05, 0.1) is 0 Å². The predicted octanol–water partition coefficient (Wildman–Crippen LogP) is 1.77.